The second-order valence-corrected chi connectivity index (χ2v) is 6.99. The van der Waals surface area contributed by atoms with Crippen LogP contribution in [0.15, 0.2) is 42.5 Å². The number of aromatic carboxylic acids is 1. The molecule has 1 fully saturated rings. The van der Waals surface area contributed by atoms with Crippen molar-refractivity contribution in [3.8, 4) is 11.5 Å². The molecule has 0 amide bonds. The molecule has 30 heavy (non-hydrogen) atoms. The highest BCUT2D eigenvalue weighted by molar-refractivity contribution is 5.90. The molecular formula is C22H22O8. The summed E-state index contributed by atoms with van der Waals surface area (Å²) >= 11 is 0. The van der Waals surface area contributed by atoms with Gasteiger partial charge in [0.2, 0.25) is 0 Å². The molecule has 8 nitrogen and oxygen atoms in total. The first-order valence-corrected chi connectivity index (χ1v) is 9.37. The fourth-order valence-electron chi connectivity index (χ4n) is 3.04. The van der Waals surface area contributed by atoms with Gasteiger partial charge in [0.15, 0.2) is 0 Å². The van der Waals surface area contributed by atoms with Crippen LogP contribution in [0.25, 0.3) is 0 Å². The van der Waals surface area contributed by atoms with Gasteiger partial charge in [-0.15, -0.1) is 0 Å². The first kappa shape index (κ1) is 21.2. The molecule has 1 aliphatic rings. The lowest BCUT2D eigenvalue weighted by atomic mass is 10.1. The van der Waals surface area contributed by atoms with Crippen molar-refractivity contribution in [1.29, 1.82) is 0 Å². The minimum absolute atomic E-state index is 0.0140. The second-order valence-electron chi connectivity index (χ2n) is 6.99. The molecule has 158 valence electrons. The van der Waals surface area contributed by atoms with Crippen LogP contribution in [0.1, 0.15) is 39.6 Å². The van der Waals surface area contributed by atoms with E-state index in [0.717, 1.165) is 0 Å². The van der Waals surface area contributed by atoms with Crippen LogP contribution in [0.4, 0.5) is 0 Å². The Morgan fingerprint density at radius 3 is 2.57 bits per heavy atom. The Labute approximate surface area is 173 Å². The van der Waals surface area contributed by atoms with E-state index >= 15 is 0 Å². The zero-order valence-corrected chi connectivity index (χ0v) is 16.6. The van der Waals surface area contributed by atoms with Crippen LogP contribution in [0, 0.1) is 5.92 Å². The van der Waals surface area contributed by atoms with E-state index in [1.807, 2.05) is 0 Å². The van der Waals surface area contributed by atoms with Crippen molar-refractivity contribution in [3.05, 3.63) is 59.2 Å². The van der Waals surface area contributed by atoms with Gasteiger partial charge in [0.25, 0.3) is 0 Å². The minimum Gasteiger partial charge on any atom is -0.497 e. The lowest BCUT2D eigenvalue weighted by Crippen LogP contribution is -2.18. The fraction of sp³-hybridized carbons (Fsp3) is 0.318. The number of carboxylic acid groups (broad SMARTS) is 1. The zero-order chi connectivity index (χ0) is 21.7. The number of esters is 2. The molecule has 0 saturated carbocycles. The maximum Gasteiger partial charge on any atom is 0.338 e. The van der Waals surface area contributed by atoms with Gasteiger partial charge in [-0.05, 0) is 42.0 Å². The van der Waals surface area contributed by atoms with Crippen molar-refractivity contribution in [2.75, 3.05) is 13.7 Å². The molecule has 2 aromatic rings. The predicted molar refractivity (Wildman–Crippen MR) is 105 cm³/mol. The van der Waals surface area contributed by atoms with Gasteiger partial charge in [-0.3, -0.25) is 4.79 Å². The smallest absolute Gasteiger partial charge is 0.338 e. The van der Waals surface area contributed by atoms with E-state index in [2.05, 4.69) is 0 Å². The van der Waals surface area contributed by atoms with Gasteiger partial charge in [0, 0.05) is 6.42 Å². The standard InChI is InChI=1S/C22H22O8/c1-13-6-19(30-21(13)25)12-29-22(26)16-7-14(8-18(10-16)27-2)11-28-17-5-3-4-15(9-17)20(23)24/h3-5,7-10,13,19H,6,11-12H2,1-2H3,(H,23,24)/t13-,19-/m0/s1. The number of rotatable bonds is 8. The molecule has 0 bridgehead atoms. The van der Waals surface area contributed by atoms with Gasteiger partial charge in [0.1, 0.15) is 30.8 Å². The van der Waals surface area contributed by atoms with E-state index in [9.17, 15) is 14.4 Å². The summed E-state index contributed by atoms with van der Waals surface area (Å²) in [6, 6.07) is 11.0. The van der Waals surface area contributed by atoms with Gasteiger partial charge in [-0.1, -0.05) is 13.0 Å². The highest BCUT2D eigenvalue weighted by Crippen LogP contribution is 2.23. The third kappa shape index (κ3) is 5.28. The minimum atomic E-state index is -1.05. The van der Waals surface area contributed by atoms with E-state index < -0.39 is 18.0 Å². The van der Waals surface area contributed by atoms with E-state index in [1.165, 1.54) is 19.2 Å². The SMILES string of the molecule is COc1cc(COc2cccc(C(=O)O)c2)cc(C(=O)OC[C@@H]2C[C@H](C)C(=O)O2)c1. The number of carboxylic acids is 1. The molecule has 2 atom stereocenters. The molecule has 0 aliphatic carbocycles. The van der Waals surface area contributed by atoms with Crippen molar-refractivity contribution < 1.29 is 38.4 Å². The third-order valence-electron chi connectivity index (χ3n) is 4.63. The molecule has 1 saturated heterocycles. The zero-order valence-electron chi connectivity index (χ0n) is 16.6. The van der Waals surface area contributed by atoms with Crippen LogP contribution in [0.3, 0.4) is 0 Å². The highest BCUT2D eigenvalue weighted by atomic mass is 16.6. The van der Waals surface area contributed by atoms with E-state index in [4.69, 9.17) is 24.1 Å². The molecule has 3 rings (SSSR count). The summed E-state index contributed by atoms with van der Waals surface area (Å²) in [7, 11) is 1.48. The molecule has 0 unspecified atom stereocenters. The average Bonchev–Trinajstić information content (AvgIpc) is 3.07. The molecular weight excluding hydrogens is 392 g/mol. The monoisotopic (exact) mass is 414 g/mol. The Morgan fingerprint density at radius 1 is 1.13 bits per heavy atom. The number of hydrogen-bond donors (Lipinski definition) is 1. The summed E-state index contributed by atoms with van der Waals surface area (Å²) in [5.74, 6) is -1.27. The van der Waals surface area contributed by atoms with Crippen molar-refractivity contribution in [2.24, 2.45) is 5.92 Å². The molecule has 0 aromatic heterocycles. The summed E-state index contributed by atoms with van der Waals surface area (Å²) in [5.41, 5.74) is 1.02. The lowest BCUT2D eigenvalue weighted by molar-refractivity contribution is -0.145. The normalized spacial score (nSPS) is 17.9. The van der Waals surface area contributed by atoms with Crippen LogP contribution >= 0.6 is 0 Å². The van der Waals surface area contributed by atoms with Crippen LogP contribution in [-0.2, 0) is 20.9 Å². The third-order valence-corrected chi connectivity index (χ3v) is 4.63. The van der Waals surface area contributed by atoms with Crippen molar-refractivity contribution >= 4 is 17.9 Å². The Bertz CT molecular complexity index is 952. The predicted octanol–water partition coefficient (Wildman–Crippen LogP) is 3.08. The lowest BCUT2D eigenvalue weighted by Gasteiger charge is -2.12. The number of carbonyl (C=O) groups is 3. The summed E-state index contributed by atoms with van der Waals surface area (Å²) in [4.78, 5) is 35.0. The van der Waals surface area contributed by atoms with E-state index in [0.29, 0.717) is 23.5 Å². The molecule has 8 heteroatoms. The van der Waals surface area contributed by atoms with Crippen LogP contribution in [-0.4, -0.2) is 42.8 Å². The molecule has 2 aromatic carbocycles. The molecule has 1 aliphatic heterocycles. The Morgan fingerprint density at radius 2 is 1.90 bits per heavy atom. The number of methoxy groups -OCH3 is 1. The van der Waals surface area contributed by atoms with Gasteiger partial charge in [-0.2, -0.15) is 0 Å². The van der Waals surface area contributed by atoms with Gasteiger partial charge in [-0.25, -0.2) is 9.59 Å². The Hall–Kier alpha value is -3.55. The Kier molecular flexibility index (Phi) is 6.56. The average molecular weight is 414 g/mol. The summed E-state index contributed by atoms with van der Waals surface area (Å²) in [6.45, 7) is 1.85. The van der Waals surface area contributed by atoms with Gasteiger partial charge in [0.05, 0.1) is 24.2 Å². The Balaban J connectivity index is 1.65. The first-order valence-electron chi connectivity index (χ1n) is 9.37. The molecule has 1 heterocycles. The van der Waals surface area contributed by atoms with Crippen LogP contribution in [0.2, 0.25) is 0 Å². The molecule has 0 spiro atoms. The number of hydrogen-bond acceptors (Lipinski definition) is 7. The largest absolute Gasteiger partial charge is 0.497 e. The fourth-order valence-corrected chi connectivity index (χ4v) is 3.04. The number of ether oxygens (including phenoxy) is 4. The first-order chi connectivity index (χ1) is 14.4. The van der Waals surface area contributed by atoms with Crippen molar-refractivity contribution in [3.63, 3.8) is 0 Å². The second kappa shape index (κ2) is 9.30. The van der Waals surface area contributed by atoms with E-state index in [1.54, 1.807) is 37.3 Å². The number of carbonyl (C=O) groups excluding carboxylic acids is 2. The summed E-state index contributed by atoms with van der Waals surface area (Å²) in [5, 5.41) is 9.07. The summed E-state index contributed by atoms with van der Waals surface area (Å²) in [6.07, 6.45) is 0.0741. The summed E-state index contributed by atoms with van der Waals surface area (Å²) < 4.78 is 21.3. The van der Waals surface area contributed by atoms with E-state index in [-0.39, 0.29) is 36.2 Å². The van der Waals surface area contributed by atoms with Gasteiger partial charge >= 0.3 is 17.9 Å². The maximum absolute atomic E-state index is 12.5. The molecule has 0 radical (unpaired) electrons. The number of cyclic esters (lactones) is 1. The highest BCUT2D eigenvalue weighted by Gasteiger charge is 2.31. The van der Waals surface area contributed by atoms with Gasteiger partial charge < -0.3 is 24.1 Å². The maximum atomic E-state index is 12.5. The van der Waals surface area contributed by atoms with Crippen LogP contribution < -0.4 is 9.47 Å². The topological polar surface area (TPSA) is 108 Å². The molecule has 1 N–H and O–H groups in total. The van der Waals surface area contributed by atoms with Crippen molar-refractivity contribution in [2.45, 2.75) is 26.1 Å². The van der Waals surface area contributed by atoms with Crippen LogP contribution in [0.5, 0.6) is 11.5 Å². The van der Waals surface area contributed by atoms with Crippen molar-refractivity contribution in [1.82, 2.24) is 0 Å². The number of benzene rings is 2. The quantitative estimate of drug-likeness (QED) is 0.657.